The highest BCUT2D eigenvalue weighted by Crippen LogP contribution is 2.41. The molecule has 1 saturated heterocycles. The number of carbonyl (C=O) groups excluding carboxylic acids is 2. The third kappa shape index (κ3) is 6.02. The smallest absolute Gasteiger partial charge is 0.295 e. The van der Waals surface area contributed by atoms with Gasteiger partial charge in [0.05, 0.1) is 24.8 Å². The number of aliphatic hydroxyl groups is 1. The molecule has 3 aromatic rings. The van der Waals surface area contributed by atoms with E-state index >= 15 is 0 Å². The van der Waals surface area contributed by atoms with Crippen LogP contribution in [0.4, 0.5) is 0 Å². The van der Waals surface area contributed by atoms with Crippen molar-refractivity contribution in [2.75, 3.05) is 13.2 Å². The highest BCUT2D eigenvalue weighted by Gasteiger charge is 2.46. The molecule has 1 aliphatic rings. The molecule has 3 aromatic carbocycles. The van der Waals surface area contributed by atoms with Crippen LogP contribution >= 0.6 is 0 Å². The Hall–Kier alpha value is -4.06. The van der Waals surface area contributed by atoms with Gasteiger partial charge in [0.25, 0.3) is 11.7 Å². The number of carbonyl (C=O) groups is 2. The van der Waals surface area contributed by atoms with E-state index in [4.69, 9.17) is 9.47 Å². The Morgan fingerprint density at radius 1 is 0.838 bits per heavy atom. The van der Waals surface area contributed by atoms with E-state index in [2.05, 4.69) is 6.92 Å². The quantitative estimate of drug-likeness (QED) is 0.146. The van der Waals surface area contributed by atoms with Gasteiger partial charge in [-0.1, -0.05) is 74.9 Å². The van der Waals surface area contributed by atoms with Crippen molar-refractivity contribution in [3.8, 4) is 11.5 Å². The van der Waals surface area contributed by atoms with E-state index in [-0.39, 0.29) is 17.9 Å². The summed E-state index contributed by atoms with van der Waals surface area (Å²) >= 11 is 0. The number of hydrogen-bond donors (Lipinski definition) is 1. The lowest BCUT2D eigenvalue weighted by atomic mass is 9.95. The zero-order valence-electron chi connectivity index (χ0n) is 21.4. The third-order valence-electron chi connectivity index (χ3n) is 6.28. The molecular weight excluding hydrogens is 466 g/mol. The minimum Gasteiger partial charge on any atom is -0.507 e. The van der Waals surface area contributed by atoms with Gasteiger partial charge in [0.2, 0.25) is 0 Å². The first-order valence-corrected chi connectivity index (χ1v) is 12.8. The summed E-state index contributed by atoms with van der Waals surface area (Å²) in [6.45, 7) is 5.52. The number of nitrogens with zero attached hydrogens (tertiary/aromatic N) is 1. The molecule has 0 saturated carbocycles. The molecule has 6 heteroatoms. The van der Waals surface area contributed by atoms with Crippen LogP contribution in [0.2, 0.25) is 0 Å². The summed E-state index contributed by atoms with van der Waals surface area (Å²) in [5.74, 6) is -0.254. The van der Waals surface area contributed by atoms with Crippen molar-refractivity contribution in [2.45, 2.75) is 45.7 Å². The van der Waals surface area contributed by atoms with Gasteiger partial charge in [0, 0.05) is 12.1 Å². The lowest BCUT2D eigenvalue weighted by Gasteiger charge is -2.25. The average Bonchev–Trinajstić information content (AvgIpc) is 3.17. The minimum atomic E-state index is -0.745. The van der Waals surface area contributed by atoms with Crippen LogP contribution in [0, 0.1) is 0 Å². The van der Waals surface area contributed by atoms with Crippen LogP contribution in [0.5, 0.6) is 11.5 Å². The lowest BCUT2D eigenvalue weighted by Crippen LogP contribution is -2.29. The van der Waals surface area contributed by atoms with Gasteiger partial charge in [-0.2, -0.15) is 0 Å². The van der Waals surface area contributed by atoms with Gasteiger partial charge in [-0.05, 0) is 48.2 Å². The maximum Gasteiger partial charge on any atom is 0.295 e. The molecule has 37 heavy (non-hydrogen) atoms. The van der Waals surface area contributed by atoms with Crippen molar-refractivity contribution in [3.05, 3.63) is 101 Å². The van der Waals surface area contributed by atoms with Crippen molar-refractivity contribution in [3.63, 3.8) is 0 Å². The van der Waals surface area contributed by atoms with Gasteiger partial charge >= 0.3 is 0 Å². The standard InChI is InChI=1S/C31H33NO5/c1-3-5-19-37-25-16-14-23(15-17-25)28-27(29(33)24-12-9-13-26(20-24)36-18-4-2)30(34)31(35)32(28)21-22-10-7-6-8-11-22/h6-17,20,28,33H,3-5,18-19,21H2,1-2H3/b29-27+. The van der Waals surface area contributed by atoms with E-state index in [1.165, 1.54) is 4.90 Å². The van der Waals surface area contributed by atoms with Crippen LogP contribution in [0.15, 0.2) is 84.4 Å². The Morgan fingerprint density at radius 2 is 1.57 bits per heavy atom. The molecule has 1 N–H and O–H groups in total. The number of amides is 1. The number of likely N-dealkylation sites (tertiary alicyclic amines) is 1. The summed E-state index contributed by atoms with van der Waals surface area (Å²) < 4.78 is 11.5. The molecule has 1 atom stereocenters. The lowest BCUT2D eigenvalue weighted by molar-refractivity contribution is -0.140. The highest BCUT2D eigenvalue weighted by atomic mass is 16.5. The summed E-state index contributed by atoms with van der Waals surface area (Å²) in [6, 6.07) is 23.1. The molecule has 0 spiro atoms. The molecule has 0 bridgehead atoms. The fourth-order valence-electron chi connectivity index (χ4n) is 4.36. The Balaban J connectivity index is 1.75. The van der Waals surface area contributed by atoms with Crippen LogP contribution in [0.25, 0.3) is 5.76 Å². The van der Waals surface area contributed by atoms with Crippen LogP contribution in [0.3, 0.4) is 0 Å². The molecule has 1 heterocycles. The van der Waals surface area contributed by atoms with Crippen molar-refractivity contribution in [2.24, 2.45) is 0 Å². The highest BCUT2D eigenvalue weighted by molar-refractivity contribution is 6.46. The number of ether oxygens (including phenoxy) is 2. The van der Waals surface area contributed by atoms with Gasteiger partial charge in [0.15, 0.2) is 0 Å². The fraction of sp³-hybridized carbons (Fsp3) is 0.290. The van der Waals surface area contributed by atoms with Gasteiger partial charge in [-0.15, -0.1) is 0 Å². The number of unbranched alkanes of at least 4 members (excludes halogenated alkanes) is 1. The average molecular weight is 500 g/mol. The number of rotatable bonds is 11. The number of Topliss-reactive ketones (excluding diaryl/α,β-unsaturated/α-hetero) is 1. The van der Waals surface area contributed by atoms with Crippen LogP contribution < -0.4 is 9.47 Å². The second-order valence-electron chi connectivity index (χ2n) is 9.06. The Bertz CT molecular complexity index is 1250. The molecular formula is C31H33NO5. The molecule has 1 unspecified atom stereocenters. The largest absolute Gasteiger partial charge is 0.507 e. The van der Waals surface area contributed by atoms with Crippen molar-refractivity contribution in [1.82, 2.24) is 4.90 Å². The second-order valence-corrected chi connectivity index (χ2v) is 9.06. The first kappa shape index (κ1) is 26.0. The molecule has 0 aromatic heterocycles. The van der Waals surface area contributed by atoms with E-state index in [1.54, 1.807) is 24.3 Å². The van der Waals surface area contributed by atoms with E-state index in [0.29, 0.717) is 24.5 Å². The molecule has 192 valence electrons. The van der Waals surface area contributed by atoms with E-state index in [0.717, 1.165) is 36.1 Å². The Labute approximate surface area is 218 Å². The predicted octanol–water partition coefficient (Wildman–Crippen LogP) is 6.28. The third-order valence-corrected chi connectivity index (χ3v) is 6.28. The molecule has 1 amide bonds. The summed E-state index contributed by atoms with van der Waals surface area (Å²) in [4.78, 5) is 28.1. The molecule has 6 nitrogen and oxygen atoms in total. The van der Waals surface area contributed by atoms with Gasteiger partial charge in [-0.3, -0.25) is 9.59 Å². The Kier molecular flexibility index (Phi) is 8.62. The van der Waals surface area contributed by atoms with Crippen molar-refractivity contribution < 1.29 is 24.2 Å². The minimum absolute atomic E-state index is 0.0632. The SMILES string of the molecule is CCCCOc1ccc(C2/C(=C(\O)c3cccc(OCCC)c3)C(=O)C(=O)N2Cc2ccccc2)cc1. The molecule has 0 radical (unpaired) electrons. The maximum atomic E-state index is 13.3. The zero-order valence-corrected chi connectivity index (χ0v) is 21.4. The van der Waals surface area contributed by atoms with Gasteiger partial charge in [-0.25, -0.2) is 0 Å². The molecule has 1 fully saturated rings. The molecule has 0 aliphatic carbocycles. The fourth-order valence-corrected chi connectivity index (χ4v) is 4.36. The number of aliphatic hydroxyl groups excluding tert-OH is 1. The van der Waals surface area contributed by atoms with Gasteiger partial charge < -0.3 is 19.5 Å². The summed E-state index contributed by atoms with van der Waals surface area (Å²) in [5.41, 5.74) is 2.10. The normalized spacial score (nSPS) is 16.7. The summed E-state index contributed by atoms with van der Waals surface area (Å²) in [5, 5.41) is 11.4. The van der Waals surface area contributed by atoms with E-state index in [1.807, 2.05) is 61.5 Å². The van der Waals surface area contributed by atoms with Crippen molar-refractivity contribution in [1.29, 1.82) is 0 Å². The Morgan fingerprint density at radius 3 is 2.27 bits per heavy atom. The van der Waals surface area contributed by atoms with Gasteiger partial charge in [0.1, 0.15) is 17.3 Å². The number of hydrogen-bond acceptors (Lipinski definition) is 5. The number of ketones is 1. The first-order chi connectivity index (χ1) is 18.0. The number of benzene rings is 3. The zero-order chi connectivity index (χ0) is 26.2. The topological polar surface area (TPSA) is 76.1 Å². The molecule has 1 aliphatic heterocycles. The summed E-state index contributed by atoms with van der Waals surface area (Å²) in [7, 11) is 0. The van der Waals surface area contributed by atoms with Crippen LogP contribution in [-0.2, 0) is 16.1 Å². The van der Waals surface area contributed by atoms with Crippen molar-refractivity contribution >= 4 is 17.4 Å². The summed E-state index contributed by atoms with van der Waals surface area (Å²) in [6.07, 6.45) is 2.84. The maximum absolute atomic E-state index is 13.3. The first-order valence-electron chi connectivity index (χ1n) is 12.8. The molecule has 4 rings (SSSR count). The predicted molar refractivity (Wildman–Crippen MR) is 143 cm³/mol. The van der Waals surface area contributed by atoms with E-state index in [9.17, 15) is 14.7 Å². The second kappa shape index (κ2) is 12.3. The van der Waals surface area contributed by atoms with Crippen LogP contribution in [-0.4, -0.2) is 34.9 Å². The van der Waals surface area contributed by atoms with Crippen LogP contribution in [0.1, 0.15) is 55.8 Å². The van der Waals surface area contributed by atoms with E-state index < -0.39 is 17.7 Å². The monoisotopic (exact) mass is 499 g/mol.